The van der Waals surface area contributed by atoms with Gasteiger partial charge in [0.05, 0.1) is 6.61 Å². The van der Waals surface area contributed by atoms with Crippen LogP contribution in [0.5, 0.6) is 0 Å². The number of hydrogen-bond acceptors (Lipinski definition) is 5. The Bertz CT molecular complexity index is 940. The SMILES string of the molecule is CCCC(Sc1nnc(Cc2ccccc2)n1-c1cccc(C)c1)C(=O)OCC. The summed E-state index contributed by atoms with van der Waals surface area (Å²) in [5, 5.41) is 9.35. The van der Waals surface area contributed by atoms with Gasteiger partial charge in [-0.15, -0.1) is 10.2 Å². The van der Waals surface area contributed by atoms with Crippen LogP contribution in [0.3, 0.4) is 0 Å². The molecule has 0 aliphatic rings. The molecule has 6 heteroatoms. The third kappa shape index (κ3) is 5.48. The summed E-state index contributed by atoms with van der Waals surface area (Å²) in [6, 6.07) is 18.5. The first-order valence-corrected chi connectivity index (χ1v) is 10.9. The van der Waals surface area contributed by atoms with E-state index in [1.807, 2.05) is 37.3 Å². The molecule has 3 rings (SSSR count). The van der Waals surface area contributed by atoms with E-state index in [0.29, 0.717) is 18.2 Å². The lowest BCUT2D eigenvalue weighted by molar-refractivity contribution is -0.142. The summed E-state index contributed by atoms with van der Waals surface area (Å²) in [7, 11) is 0. The summed E-state index contributed by atoms with van der Waals surface area (Å²) in [6.45, 7) is 6.34. The van der Waals surface area contributed by atoms with E-state index in [9.17, 15) is 4.79 Å². The Morgan fingerprint density at radius 2 is 1.90 bits per heavy atom. The molecule has 2 aromatic carbocycles. The van der Waals surface area contributed by atoms with Crippen LogP contribution in [-0.2, 0) is 16.0 Å². The molecule has 0 aliphatic carbocycles. The molecular formula is C23H27N3O2S. The Morgan fingerprint density at radius 1 is 1.10 bits per heavy atom. The van der Waals surface area contributed by atoms with Gasteiger partial charge in [-0.05, 0) is 43.5 Å². The van der Waals surface area contributed by atoms with Crippen molar-refractivity contribution in [2.24, 2.45) is 0 Å². The Kier molecular flexibility index (Phi) is 7.47. The Hall–Kier alpha value is -2.60. The van der Waals surface area contributed by atoms with Crippen LogP contribution in [0.4, 0.5) is 0 Å². The van der Waals surface area contributed by atoms with Crippen molar-refractivity contribution in [2.45, 2.75) is 50.4 Å². The number of aromatic nitrogens is 3. The van der Waals surface area contributed by atoms with Crippen LogP contribution in [0.2, 0.25) is 0 Å². The number of benzene rings is 2. The van der Waals surface area contributed by atoms with E-state index in [4.69, 9.17) is 4.74 Å². The molecule has 0 saturated carbocycles. The molecule has 0 bridgehead atoms. The monoisotopic (exact) mass is 409 g/mol. The molecule has 1 atom stereocenters. The Balaban J connectivity index is 1.99. The number of ether oxygens (including phenoxy) is 1. The summed E-state index contributed by atoms with van der Waals surface area (Å²) in [5.41, 5.74) is 3.33. The Labute approximate surface area is 176 Å². The van der Waals surface area contributed by atoms with E-state index < -0.39 is 0 Å². The summed E-state index contributed by atoms with van der Waals surface area (Å²) in [6.07, 6.45) is 2.30. The third-order valence-electron chi connectivity index (χ3n) is 4.51. The second-order valence-electron chi connectivity index (χ2n) is 6.88. The van der Waals surface area contributed by atoms with Gasteiger partial charge in [0, 0.05) is 12.1 Å². The maximum atomic E-state index is 12.4. The number of hydrogen-bond donors (Lipinski definition) is 0. The molecule has 0 amide bonds. The van der Waals surface area contributed by atoms with E-state index in [1.165, 1.54) is 17.3 Å². The largest absolute Gasteiger partial charge is 0.465 e. The minimum atomic E-state index is -0.294. The van der Waals surface area contributed by atoms with E-state index in [1.54, 1.807) is 0 Å². The second-order valence-corrected chi connectivity index (χ2v) is 8.05. The van der Waals surface area contributed by atoms with Crippen LogP contribution in [0.15, 0.2) is 59.8 Å². The van der Waals surface area contributed by atoms with Gasteiger partial charge in [0.15, 0.2) is 5.16 Å². The third-order valence-corrected chi connectivity index (χ3v) is 5.70. The van der Waals surface area contributed by atoms with Crippen molar-refractivity contribution in [3.05, 3.63) is 71.5 Å². The molecule has 1 aromatic heterocycles. The van der Waals surface area contributed by atoms with Crippen LogP contribution >= 0.6 is 11.8 Å². The predicted molar refractivity (Wildman–Crippen MR) is 117 cm³/mol. The highest BCUT2D eigenvalue weighted by atomic mass is 32.2. The molecule has 29 heavy (non-hydrogen) atoms. The zero-order chi connectivity index (χ0) is 20.6. The zero-order valence-corrected chi connectivity index (χ0v) is 18.0. The first-order valence-electron chi connectivity index (χ1n) is 10.0. The maximum absolute atomic E-state index is 12.4. The number of aryl methyl sites for hydroxylation is 1. The molecule has 1 heterocycles. The van der Waals surface area contributed by atoms with E-state index in [2.05, 4.69) is 52.9 Å². The molecule has 1 unspecified atom stereocenters. The van der Waals surface area contributed by atoms with Crippen LogP contribution in [-0.4, -0.2) is 32.6 Å². The van der Waals surface area contributed by atoms with Crippen LogP contribution in [0.25, 0.3) is 5.69 Å². The van der Waals surface area contributed by atoms with Gasteiger partial charge in [-0.1, -0.05) is 67.6 Å². The molecule has 0 radical (unpaired) electrons. The van der Waals surface area contributed by atoms with Crippen LogP contribution < -0.4 is 0 Å². The average Bonchev–Trinajstić information content (AvgIpc) is 3.10. The van der Waals surface area contributed by atoms with Crippen LogP contribution in [0, 0.1) is 6.92 Å². The lowest BCUT2D eigenvalue weighted by atomic mass is 10.1. The smallest absolute Gasteiger partial charge is 0.319 e. The highest BCUT2D eigenvalue weighted by Crippen LogP contribution is 2.30. The van der Waals surface area contributed by atoms with Gasteiger partial charge in [-0.2, -0.15) is 0 Å². The van der Waals surface area contributed by atoms with Crippen molar-refractivity contribution >= 4 is 17.7 Å². The predicted octanol–water partition coefficient (Wildman–Crippen LogP) is 4.99. The highest BCUT2D eigenvalue weighted by molar-refractivity contribution is 8.00. The number of carbonyl (C=O) groups excluding carboxylic acids is 1. The van der Waals surface area contributed by atoms with E-state index in [-0.39, 0.29) is 11.2 Å². The van der Waals surface area contributed by atoms with Gasteiger partial charge in [-0.3, -0.25) is 9.36 Å². The van der Waals surface area contributed by atoms with Crippen molar-refractivity contribution in [2.75, 3.05) is 6.61 Å². The van der Waals surface area contributed by atoms with Gasteiger partial charge in [0.2, 0.25) is 0 Å². The second kappa shape index (κ2) is 10.3. The van der Waals surface area contributed by atoms with Gasteiger partial charge in [0.1, 0.15) is 11.1 Å². The minimum Gasteiger partial charge on any atom is -0.465 e. The fraction of sp³-hybridized carbons (Fsp3) is 0.348. The van der Waals surface area contributed by atoms with Crippen LogP contribution in [0.1, 0.15) is 43.6 Å². The van der Waals surface area contributed by atoms with Crippen molar-refractivity contribution < 1.29 is 9.53 Å². The van der Waals surface area contributed by atoms with Gasteiger partial charge in [0.25, 0.3) is 0 Å². The molecular weight excluding hydrogens is 382 g/mol. The lowest BCUT2D eigenvalue weighted by Crippen LogP contribution is -2.21. The molecule has 3 aromatic rings. The van der Waals surface area contributed by atoms with Gasteiger partial charge in [-0.25, -0.2) is 0 Å². The average molecular weight is 410 g/mol. The van der Waals surface area contributed by atoms with Gasteiger partial charge >= 0.3 is 5.97 Å². The minimum absolute atomic E-state index is 0.192. The maximum Gasteiger partial charge on any atom is 0.319 e. The zero-order valence-electron chi connectivity index (χ0n) is 17.2. The summed E-state index contributed by atoms with van der Waals surface area (Å²) in [5.74, 6) is 0.658. The molecule has 0 fully saturated rings. The fourth-order valence-corrected chi connectivity index (χ4v) is 4.32. The highest BCUT2D eigenvalue weighted by Gasteiger charge is 2.25. The van der Waals surface area contributed by atoms with Crippen molar-refractivity contribution in [3.63, 3.8) is 0 Å². The first-order chi connectivity index (χ1) is 14.1. The molecule has 152 valence electrons. The molecule has 5 nitrogen and oxygen atoms in total. The number of thioether (sulfide) groups is 1. The first kappa shape index (κ1) is 21.1. The summed E-state index contributed by atoms with van der Waals surface area (Å²) >= 11 is 1.43. The van der Waals surface area contributed by atoms with Crippen molar-refractivity contribution in [1.82, 2.24) is 14.8 Å². The van der Waals surface area contributed by atoms with Gasteiger partial charge < -0.3 is 4.74 Å². The number of esters is 1. The normalized spacial score (nSPS) is 12.0. The quantitative estimate of drug-likeness (QED) is 0.368. The standard InChI is InChI=1S/C23H27N3O2S/c1-4-10-20(22(27)28-5-2)29-23-25-24-21(16-18-12-7-6-8-13-18)26(23)19-14-9-11-17(3)15-19/h6-9,11-15,20H,4-5,10,16H2,1-3H3. The number of nitrogens with zero attached hydrogens (tertiary/aromatic N) is 3. The molecule has 0 spiro atoms. The molecule has 0 saturated heterocycles. The number of rotatable bonds is 9. The number of carbonyl (C=O) groups is 1. The topological polar surface area (TPSA) is 57.0 Å². The summed E-state index contributed by atoms with van der Waals surface area (Å²) in [4.78, 5) is 12.4. The van der Waals surface area contributed by atoms with E-state index in [0.717, 1.165) is 29.9 Å². The summed E-state index contributed by atoms with van der Waals surface area (Å²) < 4.78 is 7.34. The molecule has 0 N–H and O–H groups in total. The van der Waals surface area contributed by atoms with E-state index >= 15 is 0 Å². The van der Waals surface area contributed by atoms with Crippen molar-refractivity contribution in [3.8, 4) is 5.69 Å². The fourth-order valence-electron chi connectivity index (χ4n) is 3.15. The lowest BCUT2D eigenvalue weighted by Gasteiger charge is -2.16. The molecule has 0 aliphatic heterocycles. The Morgan fingerprint density at radius 3 is 2.59 bits per heavy atom. The van der Waals surface area contributed by atoms with Crippen molar-refractivity contribution in [1.29, 1.82) is 0 Å².